The van der Waals surface area contributed by atoms with E-state index in [2.05, 4.69) is 4.98 Å². The molecule has 1 rings (SSSR count). The van der Waals surface area contributed by atoms with Crippen LogP contribution in [0.4, 0.5) is 0 Å². The summed E-state index contributed by atoms with van der Waals surface area (Å²) >= 11 is 0. The van der Waals surface area contributed by atoms with Crippen molar-refractivity contribution in [1.29, 1.82) is 0 Å². The second kappa shape index (κ2) is 5.80. The van der Waals surface area contributed by atoms with Gasteiger partial charge >= 0.3 is 0 Å². The number of aliphatic hydroxyl groups is 2. The Morgan fingerprint density at radius 1 is 1.43 bits per heavy atom. The lowest BCUT2D eigenvalue weighted by atomic mass is 10.2. The van der Waals surface area contributed by atoms with Gasteiger partial charge in [0.15, 0.2) is 0 Å². The zero-order valence-corrected chi connectivity index (χ0v) is 8.48. The van der Waals surface area contributed by atoms with Crippen molar-refractivity contribution in [3.63, 3.8) is 0 Å². The summed E-state index contributed by atoms with van der Waals surface area (Å²) in [4.78, 5) is 4.96. The van der Waals surface area contributed by atoms with Crippen molar-refractivity contribution in [1.82, 2.24) is 9.88 Å². The average Bonchev–Trinajstić information content (AvgIpc) is 2.69. The van der Waals surface area contributed by atoms with E-state index in [1.54, 1.807) is 0 Å². The number of aromatic amines is 1. The lowest BCUT2D eigenvalue weighted by molar-refractivity contribution is 0.0925. The van der Waals surface area contributed by atoms with Crippen molar-refractivity contribution in [2.45, 2.75) is 12.5 Å². The Bertz CT molecular complexity index is 232. The molecule has 1 heterocycles. The van der Waals surface area contributed by atoms with E-state index in [1.807, 2.05) is 30.4 Å². The van der Waals surface area contributed by atoms with Gasteiger partial charge in [0.2, 0.25) is 0 Å². The van der Waals surface area contributed by atoms with Gasteiger partial charge in [-0.3, -0.25) is 4.90 Å². The molecule has 14 heavy (non-hydrogen) atoms. The fourth-order valence-electron chi connectivity index (χ4n) is 1.34. The molecule has 0 radical (unpaired) electrons. The van der Waals surface area contributed by atoms with E-state index in [4.69, 9.17) is 10.2 Å². The lowest BCUT2D eigenvalue weighted by Crippen LogP contribution is -2.38. The second-order valence-corrected chi connectivity index (χ2v) is 3.47. The van der Waals surface area contributed by atoms with Gasteiger partial charge in [0.25, 0.3) is 0 Å². The van der Waals surface area contributed by atoms with Gasteiger partial charge in [0.1, 0.15) is 0 Å². The Hall–Kier alpha value is -0.840. The number of hydrogen-bond donors (Lipinski definition) is 3. The van der Waals surface area contributed by atoms with Crippen LogP contribution < -0.4 is 0 Å². The van der Waals surface area contributed by atoms with Gasteiger partial charge in [-0.05, 0) is 25.1 Å². The Morgan fingerprint density at radius 2 is 2.14 bits per heavy atom. The van der Waals surface area contributed by atoms with E-state index >= 15 is 0 Å². The quantitative estimate of drug-likeness (QED) is 0.595. The van der Waals surface area contributed by atoms with Gasteiger partial charge in [0, 0.05) is 18.9 Å². The summed E-state index contributed by atoms with van der Waals surface area (Å²) in [5.74, 6) is 0. The molecule has 3 N–H and O–H groups in total. The first-order valence-electron chi connectivity index (χ1n) is 4.81. The number of nitrogens with one attached hydrogen (secondary N) is 1. The first-order valence-corrected chi connectivity index (χ1v) is 4.81. The summed E-state index contributed by atoms with van der Waals surface area (Å²) in [5.41, 5.74) is 1.24. The molecular weight excluding hydrogens is 180 g/mol. The topological polar surface area (TPSA) is 59.5 Å². The van der Waals surface area contributed by atoms with Crippen LogP contribution in [0.2, 0.25) is 0 Å². The van der Waals surface area contributed by atoms with E-state index < -0.39 is 0 Å². The first-order chi connectivity index (χ1) is 6.77. The molecule has 0 aliphatic heterocycles. The molecule has 4 heteroatoms. The standard InChI is InChI=1S/C10H18N2O2/c1-12(10(7-13)8-14)5-3-9-2-4-11-6-9/h2,4,6,10-11,13-14H,3,5,7-8H2,1H3. The molecule has 0 amide bonds. The fraction of sp³-hybridized carbons (Fsp3) is 0.600. The third kappa shape index (κ3) is 3.14. The van der Waals surface area contributed by atoms with E-state index in [9.17, 15) is 0 Å². The van der Waals surface area contributed by atoms with E-state index in [0.717, 1.165) is 13.0 Å². The smallest absolute Gasteiger partial charge is 0.0609 e. The van der Waals surface area contributed by atoms with E-state index in [-0.39, 0.29) is 19.3 Å². The molecule has 0 aliphatic carbocycles. The Balaban J connectivity index is 2.30. The third-order valence-electron chi connectivity index (χ3n) is 2.46. The van der Waals surface area contributed by atoms with Gasteiger partial charge in [-0.15, -0.1) is 0 Å². The van der Waals surface area contributed by atoms with Crippen molar-refractivity contribution in [2.24, 2.45) is 0 Å². The number of hydrogen-bond acceptors (Lipinski definition) is 3. The Morgan fingerprint density at radius 3 is 2.64 bits per heavy atom. The summed E-state index contributed by atoms with van der Waals surface area (Å²) in [6, 6.07) is 1.88. The number of rotatable bonds is 6. The third-order valence-corrected chi connectivity index (χ3v) is 2.46. The summed E-state index contributed by atoms with van der Waals surface area (Å²) in [6.07, 6.45) is 4.78. The number of aromatic nitrogens is 1. The Kier molecular flexibility index (Phi) is 4.65. The summed E-state index contributed by atoms with van der Waals surface area (Å²) in [6.45, 7) is 0.837. The maximum absolute atomic E-state index is 8.95. The predicted octanol–water partition coefficient (Wildman–Crippen LogP) is -0.158. The number of aliphatic hydroxyl groups excluding tert-OH is 2. The molecule has 0 bridgehead atoms. The SMILES string of the molecule is CN(CCc1cc[nH]c1)C(CO)CO. The zero-order chi connectivity index (χ0) is 10.4. The van der Waals surface area contributed by atoms with Crippen LogP contribution in [0.15, 0.2) is 18.5 Å². The molecule has 0 saturated carbocycles. The largest absolute Gasteiger partial charge is 0.395 e. The van der Waals surface area contributed by atoms with Crippen LogP contribution in [0.5, 0.6) is 0 Å². The highest BCUT2D eigenvalue weighted by molar-refractivity contribution is 5.08. The van der Waals surface area contributed by atoms with Gasteiger partial charge in [-0.25, -0.2) is 0 Å². The first kappa shape index (κ1) is 11.2. The highest BCUT2D eigenvalue weighted by Crippen LogP contribution is 2.01. The van der Waals surface area contributed by atoms with Crippen LogP contribution in [-0.2, 0) is 6.42 Å². The van der Waals surface area contributed by atoms with E-state index in [0.29, 0.717) is 0 Å². The molecular formula is C10H18N2O2. The molecule has 4 nitrogen and oxygen atoms in total. The van der Waals surface area contributed by atoms with Gasteiger partial charge in [-0.1, -0.05) is 0 Å². The maximum atomic E-state index is 8.95. The minimum Gasteiger partial charge on any atom is -0.395 e. The highest BCUT2D eigenvalue weighted by Gasteiger charge is 2.11. The monoisotopic (exact) mass is 198 g/mol. The lowest BCUT2D eigenvalue weighted by Gasteiger charge is -2.24. The van der Waals surface area contributed by atoms with Crippen LogP contribution in [-0.4, -0.2) is 52.9 Å². The molecule has 1 aromatic heterocycles. The molecule has 0 spiro atoms. The molecule has 1 aromatic rings. The number of H-pyrrole nitrogens is 1. The molecule has 0 saturated heterocycles. The van der Waals surface area contributed by atoms with Crippen molar-refractivity contribution in [3.05, 3.63) is 24.0 Å². The summed E-state index contributed by atoms with van der Waals surface area (Å²) in [5, 5.41) is 17.9. The van der Waals surface area contributed by atoms with Gasteiger partial charge in [0.05, 0.1) is 19.3 Å². The molecule has 0 fully saturated rings. The zero-order valence-electron chi connectivity index (χ0n) is 8.48. The molecule has 0 atom stereocenters. The van der Waals surface area contributed by atoms with Gasteiger partial charge < -0.3 is 15.2 Å². The minimum atomic E-state index is -0.144. The number of nitrogens with zero attached hydrogens (tertiary/aromatic N) is 1. The molecule has 0 unspecified atom stereocenters. The van der Waals surface area contributed by atoms with E-state index in [1.165, 1.54) is 5.56 Å². The van der Waals surface area contributed by atoms with Crippen LogP contribution in [0.3, 0.4) is 0 Å². The van der Waals surface area contributed by atoms with Crippen molar-refractivity contribution in [2.75, 3.05) is 26.8 Å². The van der Waals surface area contributed by atoms with Crippen molar-refractivity contribution < 1.29 is 10.2 Å². The van der Waals surface area contributed by atoms with Crippen LogP contribution in [0, 0.1) is 0 Å². The second-order valence-electron chi connectivity index (χ2n) is 3.47. The van der Waals surface area contributed by atoms with Crippen LogP contribution >= 0.6 is 0 Å². The predicted molar refractivity (Wildman–Crippen MR) is 55.1 cm³/mol. The van der Waals surface area contributed by atoms with Crippen molar-refractivity contribution in [3.8, 4) is 0 Å². The van der Waals surface area contributed by atoms with Crippen LogP contribution in [0.1, 0.15) is 5.56 Å². The number of likely N-dealkylation sites (N-methyl/N-ethyl adjacent to an activating group) is 1. The molecule has 0 aliphatic rings. The summed E-state index contributed by atoms with van der Waals surface area (Å²) < 4.78 is 0. The fourth-order valence-corrected chi connectivity index (χ4v) is 1.34. The normalized spacial score (nSPS) is 11.5. The van der Waals surface area contributed by atoms with Crippen LogP contribution in [0.25, 0.3) is 0 Å². The minimum absolute atomic E-state index is 0.000136. The summed E-state index contributed by atoms with van der Waals surface area (Å²) in [7, 11) is 1.91. The Labute approximate surface area is 84.2 Å². The highest BCUT2D eigenvalue weighted by atomic mass is 16.3. The molecule has 0 aromatic carbocycles. The van der Waals surface area contributed by atoms with Crippen molar-refractivity contribution >= 4 is 0 Å². The van der Waals surface area contributed by atoms with Gasteiger partial charge in [-0.2, -0.15) is 0 Å². The molecule has 80 valence electrons. The average molecular weight is 198 g/mol. The maximum Gasteiger partial charge on any atom is 0.0609 e.